The fourth-order valence-electron chi connectivity index (χ4n) is 1.15. The number of esters is 1. The van der Waals surface area contributed by atoms with Gasteiger partial charge in [0.25, 0.3) is 5.56 Å². The molecule has 0 fully saturated rings. The molecule has 1 heterocycles. The van der Waals surface area contributed by atoms with Gasteiger partial charge in [-0.3, -0.25) is 9.59 Å². The molecule has 0 aliphatic rings. The lowest BCUT2D eigenvalue weighted by Crippen LogP contribution is -2.11. The molecule has 0 spiro atoms. The van der Waals surface area contributed by atoms with Crippen LogP contribution >= 0.6 is 0 Å². The maximum Gasteiger partial charge on any atom is 0.305 e. The molecule has 0 radical (unpaired) electrons. The van der Waals surface area contributed by atoms with Crippen LogP contribution in [0, 0.1) is 0 Å². The van der Waals surface area contributed by atoms with Gasteiger partial charge in [-0.05, 0) is 13.3 Å². The Morgan fingerprint density at radius 3 is 3.12 bits per heavy atom. The molecule has 1 rings (SSSR count). The molecule has 1 aromatic rings. The number of hydrogen-bond acceptors (Lipinski definition) is 5. The van der Waals surface area contributed by atoms with Crippen molar-refractivity contribution in [3.8, 4) is 0 Å². The Morgan fingerprint density at radius 1 is 1.62 bits per heavy atom. The summed E-state index contributed by atoms with van der Waals surface area (Å²) in [6.07, 6.45) is 2.34. The highest BCUT2D eigenvalue weighted by atomic mass is 16.5. The number of hydrogen-bond donors (Lipinski definition) is 2. The second-order valence-electron chi connectivity index (χ2n) is 3.13. The van der Waals surface area contributed by atoms with E-state index in [9.17, 15) is 9.59 Å². The number of anilines is 1. The monoisotopic (exact) mass is 225 g/mol. The smallest absolute Gasteiger partial charge is 0.305 e. The summed E-state index contributed by atoms with van der Waals surface area (Å²) in [7, 11) is 0. The first-order valence-corrected chi connectivity index (χ1v) is 5.16. The molecule has 16 heavy (non-hydrogen) atoms. The number of nitrogens with zero attached hydrogens (tertiary/aromatic N) is 1. The molecule has 0 saturated carbocycles. The Morgan fingerprint density at radius 2 is 2.44 bits per heavy atom. The number of carbonyl (C=O) groups is 1. The van der Waals surface area contributed by atoms with Crippen LogP contribution < -0.4 is 10.9 Å². The third-order valence-electron chi connectivity index (χ3n) is 1.85. The molecule has 0 saturated heterocycles. The van der Waals surface area contributed by atoms with Crippen molar-refractivity contribution >= 4 is 11.8 Å². The zero-order valence-electron chi connectivity index (χ0n) is 9.16. The van der Waals surface area contributed by atoms with Gasteiger partial charge in [-0.25, -0.2) is 4.98 Å². The summed E-state index contributed by atoms with van der Waals surface area (Å²) in [5.41, 5.74) is -0.206. The van der Waals surface area contributed by atoms with Crippen molar-refractivity contribution < 1.29 is 9.53 Å². The Labute approximate surface area is 93.0 Å². The average molecular weight is 225 g/mol. The van der Waals surface area contributed by atoms with Gasteiger partial charge >= 0.3 is 5.97 Å². The third kappa shape index (κ3) is 4.59. The standard InChI is InChI=1S/C10H15N3O3/c1-2-16-10(15)4-3-5-11-8-6-9(14)13-7-12-8/h6-7H,2-5H2,1H3,(H2,11,12,13,14). The highest BCUT2D eigenvalue weighted by molar-refractivity contribution is 5.69. The van der Waals surface area contributed by atoms with Gasteiger partial charge < -0.3 is 15.0 Å². The van der Waals surface area contributed by atoms with Crippen molar-refractivity contribution in [2.24, 2.45) is 0 Å². The number of ether oxygens (including phenoxy) is 1. The molecule has 88 valence electrons. The van der Waals surface area contributed by atoms with Crippen molar-refractivity contribution in [1.29, 1.82) is 0 Å². The van der Waals surface area contributed by atoms with E-state index in [1.54, 1.807) is 6.92 Å². The normalized spacial score (nSPS) is 9.81. The quantitative estimate of drug-likeness (QED) is 0.545. The lowest BCUT2D eigenvalue weighted by Gasteiger charge is -2.04. The molecular weight excluding hydrogens is 210 g/mol. The average Bonchev–Trinajstić information content (AvgIpc) is 2.25. The van der Waals surface area contributed by atoms with Crippen molar-refractivity contribution in [3.05, 3.63) is 22.7 Å². The van der Waals surface area contributed by atoms with Crippen molar-refractivity contribution in [2.45, 2.75) is 19.8 Å². The maximum absolute atomic E-state index is 11.0. The van der Waals surface area contributed by atoms with Crippen LogP contribution in [0.1, 0.15) is 19.8 Å². The van der Waals surface area contributed by atoms with Crippen LogP contribution in [-0.4, -0.2) is 29.1 Å². The van der Waals surface area contributed by atoms with E-state index < -0.39 is 0 Å². The van der Waals surface area contributed by atoms with Gasteiger partial charge in [0, 0.05) is 19.0 Å². The van der Waals surface area contributed by atoms with Crippen LogP contribution in [-0.2, 0) is 9.53 Å². The van der Waals surface area contributed by atoms with Gasteiger partial charge in [-0.1, -0.05) is 0 Å². The first-order chi connectivity index (χ1) is 7.72. The van der Waals surface area contributed by atoms with E-state index in [2.05, 4.69) is 15.3 Å². The summed E-state index contributed by atoms with van der Waals surface area (Å²) in [6, 6.07) is 1.37. The lowest BCUT2D eigenvalue weighted by atomic mass is 10.3. The summed E-state index contributed by atoms with van der Waals surface area (Å²) < 4.78 is 4.78. The Balaban J connectivity index is 2.21. The summed E-state index contributed by atoms with van der Waals surface area (Å²) >= 11 is 0. The molecule has 0 atom stereocenters. The first kappa shape index (κ1) is 12.2. The number of nitrogens with one attached hydrogen (secondary N) is 2. The van der Waals surface area contributed by atoms with Crippen LogP contribution in [0.3, 0.4) is 0 Å². The largest absolute Gasteiger partial charge is 0.466 e. The molecule has 0 aliphatic heterocycles. The predicted molar refractivity (Wildman–Crippen MR) is 59.2 cm³/mol. The zero-order valence-corrected chi connectivity index (χ0v) is 9.16. The minimum atomic E-state index is -0.206. The number of rotatable bonds is 6. The topological polar surface area (TPSA) is 84.1 Å². The van der Waals surface area contributed by atoms with Crippen LogP contribution in [0.15, 0.2) is 17.2 Å². The van der Waals surface area contributed by atoms with Gasteiger partial charge in [0.1, 0.15) is 5.82 Å². The molecule has 2 N–H and O–H groups in total. The fraction of sp³-hybridized carbons (Fsp3) is 0.500. The molecule has 0 unspecified atom stereocenters. The lowest BCUT2D eigenvalue weighted by molar-refractivity contribution is -0.143. The molecule has 6 nitrogen and oxygen atoms in total. The highest BCUT2D eigenvalue weighted by Crippen LogP contribution is 1.97. The van der Waals surface area contributed by atoms with Gasteiger partial charge in [-0.2, -0.15) is 0 Å². The summed E-state index contributed by atoms with van der Waals surface area (Å²) in [6.45, 7) is 2.76. The molecule has 0 aromatic carbocycles. The zero-order chi connectivity index (χ0) is 11.8. The van der Waals surface area contributed by atoms with Gasteiger partial charge in [0.05, 0.1) is 12.9 Å². The fourth-order valence-corrected chi connectivity index (χ4v) is 1.15. The van der Waals surface area contributed by atoms with Gasteiger partial charge in [0.15, 0.2) is 0 Å². The second-order valence-corrected chi connectivity index (χ2v) is 3.13. The minimum absolute atomic E-state index is 0.205. The van der Waals surface area contributed by atoms with E-state index in [0.29, 0.717) is 31.8 Å². The predicted octanol–water partition coefficient (Wildman–Crippen LogP) is 0.525. The number of aromatic nitrogens is 2. The summed E-state index contributed by atoms with van der Waals surface area (Å²) in [4.78, 5) is 28.2. The van der Waals surface area contributed by atoms with Crippen LogP contribution in [0.25, 0.3) is 0 Å². The van der Waals surface area contributed by atoms with Crippen molar-refractivity contribution in [1.82, 2.24) is 9.97 Å². The van der Waals surface area contributed by atoms with Gasteiger partial charge in [-0.15, -0.1) is 0 Å². The maximum atomic E-state index is 11.0. The molecule has 0 aliphatic carbocycles. The minimum Gasteiger partial charge on any atom is -0.466 e. The second kappa shape index (κ2) is 6.60. The third-order valence-corrected chi connectivity index (χ3v) is 1.85. The summed E-state index contributed by atoms with van der Waals surface area (Å²) in [5.74, 6) is 0.302. The molecular formula is C10H15N3O3. The molecule has 0 bridgehead atoms. The number of carbonyl (C=O) groups excluding carboxylic acids is 1. The molecule has 6 heteroatoms. The Bertz CT molecular complexity index is 389. The number of aromatic amines is 1. The number of H-pyrrole nitrogens is 1. The van der Waals surface area contributed by atoms with E-state index in [4.69, 9.17) is 4.74 Å². The van der Waals surface area contributed by atoms with Crippen molar-refractivity contribution in [2.75, 3.05) is 18.5 Å². The Hall–Kier alpha value is -1.85. The van der Waals surface area contributed by atoms with Crippen LogP contribution in [0.5, 0.6) is 0 Å². The highest BCUT2D eigenvalue weighted by Gasteiger charge is 2.00. The Kier molecular flexibility index (Phi) is 5.04. The van der Waals surface area contributed by atoms with Gasteiger partial charge in [0.2, 0.25) is 0 Å². The van der Waals surface area contributed by atoms with Crippen molar-refractivity contribution in [3.63, 3.8) is 0 Å². The van der Waals surface area contributed by atoms with E-state index in [-0.39, 0.29) is 11.5 Å². The first-order valence-electron chi connectivity index (χ1n) is 5.16. The van der Waals surface area contributed by atoms with E-state index in [1.807, 2.05) is 0 Å². The molecule has 0 amide bonds. The van der Waals surface area contributed by atoms with E-state index in [0.717, 1.165) is 0 Å². The van der Waals surface area contributed by atoms with E-state index in [1.165, 1.54) is 12.4 Å². The van der Waals surface area contributed by atoms with Crippen LogP contribution in [0.2, 0.25) is 0 Å². The molecule has 1 aromatic heterocycles. The SMILES string of the molecule is CCOC(=O)CCCNc1cc(=O)[nH]cn1. The summed E-state index contributed by atoms with van der Waals surface area (Å²) in [5, 5.41) is 2.94. The van der Waals surface area contributed by atoms with Crippen LogP contribution in [0.4, 0.5) is 5.82 Å². The van der Waals surface area contributed by atoms with E-state index >= 15 is 0 Å².